The van der Waals surface area contributed by atoms with Crippen LogP contribution in [-0.2, 0) is 27.2 Å². The van der Waals surface area contributed by atoms with Crippen LogP contribution in [0.3, 0.4) is 0 Å². The highest BCUT2D eigenvalue weighted by molar-refractivity contribution is 5.94. The number of carbonyl (C=O) groups excluding carboxylic acids is 3. The summed E-state index contributed by atoms with van der Waals surface area (Å²) in [6, 6.07) is 13.0. The number of methoxy groups -OCH3 is 1. The molecule has 2 bridgehead atoms. The van der Waals surface area contributed by atoms with Gasteiger partial charge in [0.25, 0.3) is 0 Å². The molecule has 1 aliphatic rings. The number of rotatable bonds is 6. The van der Waals surface area contributed by atoms with Gasteiger partial charge in [-0.05, 0) is 47.9 Å². The SMILES string of the molecule is CCC(C)C1NC(=O)C(NC)Cc2cc(ccc2OC)/C=C\NC(=O)C(Cc2ccccc2)NC1=O. The fourth-order valence-electron chi connectivity index (χ4n) is 4.20. The highest BCUT2D eigenvalue weighted by atomic mass is 16.5. The normalized spacial score (nSPS) is 22.8. The Balaban J connectivity index is 2.00. The molecule has 0 saturated carbocycles. The van der Waals surface area contributed by atoms with Crippen molar-refractivity contribution in [3.8, 4) is 5.75 Å². The van der Waals surface area contributed by atoms with Gasteiger partial charge in [0.1, 0.15) is 17.8 Å². The average Bonchev–Trinajstić information content (AvgIpc) is 2.89. The molecule has 8 heteroatoms. The first kappa shape index (κ1) is 26.9. The minimum atomic E-state index is -0.815. The van der Waals surface area contributed by atoms with Gasteiger partial charge in [0.15, 0.2) is 0 Å². The molecule has 0 aliphatic carbocycles. The number of hydrogen-bond donors (Lipinski definition) is 4. The van der Waals surface area contributed by atoms with Crippen molar-refractivity contribution in [2.45, 2.75) is 51.2 Å². The van der Waals surface area contributed by atoms with Gasteiger partial charge in [-0.25, -0.2) is 0 Å². The molecule has 192 valence electrons. The van der Waals surface area contributed by atoms with E-state index in [-0.39, 0.29) is 23.6 Å². The number of amides is 3. The minimum Gasteiger partial charge on any atom is -0.496 e. The van der Waals surface area contributed by atoms with Crippen LogP contribution in [0.2, 0.25) is 0 Å². The minimum absolute atomic E-state index is 0.139. The molecule has 2 aromatic rings. The van der Waals surface area contributed by atoms with Gasteiger partial charge in [0.05, 0.1) is 13.2 Å². The summed E-state index contributed by atoms with van der Waals surface area (Å²) >= 11 is 0. The van der Waals surface area contributed by atoms with Gasteiger partial charge >= 0.3 is 0 Å². The number of benzene rings is 2. The van der Waals surface area contributed by atoms with Crippen molar-refractivity contribution >= 4 is 23.8 Å². The zero-order valence-corrected chi connectivity index (χ0v) is 21.3. The van der Waals surface area contributed by atoms with E-state index in [1.165, 1.54) is 0 Å². The van der Waals surface area contributed by atoms with Crippen LogP contribution in [0.4, 0.5) is 0 Å². The molecule has 3 rings (SSSR count). The summed E-state index contributed by atoms with van der Waals surface area (Å²) in [5, 5.41) is 11.7. The third-order valence-electron chi connectivity index (χ3n) is 6.60. The summed E-state index contributed by atoms with van der Waals surface area (Å²) in [5.74, 6) is -0.497. The number of likely N-dealkylation sites (N-methyl/N-ethyl adjacent to an activating group) is 1. The van der Waals surface area contributed by atoms with E-state index in [1.54, 1.807) is 26.4 Å². The first-order valence-corrected chi connectivity index (χ1v) is 12.3. The molecule has 1 heterocycles. The molecule has 4 unspecified atom stereocenters. The monoisotopic (exact) mass is 492 g/mol. The molecule has 0 radical (unpaired) electrons. The zero-order chi connectivity index (χ0) is 26.1. The van der Waals surface area contributed by atoms with E-state index in [1.807, 2.05) is 62.4 Å². The van der Waals surface area contributed by atoms with Gasteiger partial charge < -0.3 is 26.0 Å². The number of carbonyl (C=O) groups is 3. The lowest BCUT2D eigenvalue weighted by Gasteiger charge is -2.28. The Labute approximate surface area is 212 Å². The second kappa shape index (κ2) is 12.9. The number of ether oxygens (including phenoxy) is 1. The predicted octanol–water partition coefficient (Wildman–Crippen LogP) is 2.18. The summed E-state index contributed by atoms with van der Waals surface area (Å²) in [5.41, 5.74) is 2.60. The van der Waals surface area contributed by atoms with Crippen molar-refractivity contribution in [1.29, 1.82) is 0 Å². The number of hydrogen-bond acceptors (Lipinski definition) is 5. The van der Waals surface area contributed by atoms with E-state index < -0.39 is 18.1 Å². The number of fused-ring (bicyclic) bond motifs is 2. The second-order valence-electron chi connectivity index (χ2n) is 9.08. The summed E-state index contributed by atoms with van der Waals surface area (Å²) in [4.78, 5) is 39.9. The standard InChI is InChI=1S/C28H36N4O4/c1-5-18(2)25-28(35)31-23(16-19-9-7-6-8-10-19)26(33)30-14-13-20-11-12-24(36-4)21(15-20)17-22(29-3)27(34)32-25/h6-15,18,22-23,25,29H,5,16-17H2,1-4H3,(H,30,33)(H,31,35)(H,32,34)/b14-13-. The lowest BCUT2D eigenvalue weighted by molar-refractivity contribution is -0.133. The molecule has 3 amide bonds. The molecular weight excluding hydrogens is 456 g/mol. The van der Waals surface area contributed by atoms with Crippen molar-refractivity contribution < 1.29 is 19.1 Å². The lowest BCUT2D eigenvalue weighted by Crippen LogP contribution is -2.58. The predicted molar refractivity (Wildman–Crippen MR) is 140 cm³/mol. The molecule has 36 heavy (non-hydrogen) atoms. The summed E-state index contributed by atoms with van der Waals surface area (Å²) in [6.07, 6.45) is 4.71. The maximum Gasteiger partial charge on any atom is 0.246 e. The third-order valence-corrected chi connectivity index (χ3v) is 6.60. The fourth-order valence-corrected chi connectivity index (χ4v) is 4.20. The fraction of sp³-hybridized carbons (Fsp3) is 0.393. The molecule has 4 atom stereocenters. The van der Waals surface area contributed by atoms with Gasteiger partial charge in [-0.2, -0.15) is 0 Å². The van der Waals surface area contributed by atoms with Crippen LogP contribution in [0.25, 0.3) is 6.08 Å². The van der Waals surface area contributed by atoms with Crippen LogP contribution in [0.5, 0.6) is 5.75 Å². The van der Waals surface area contributed by atoms with Crippen molar-refractivity contribution in [3.63, 3.8) is 0 Å². The molecular formula is C28H36N4O4. The summed E-state index contributed by atoms with van der Waals surface area (Å²) in [7, 11) is 3.30. The van der Waals surface area contributed by atoms with E-state index in [2.05, 4.69) is 21.3 Å². The van der Waals surface area contributed by atoms with Gasteiger partial charge in [-0.3, -0.25) is 14.4 Å². The van der Waals surface area contributed by atoms with E-state index in [9.17, 15) is 14.4 Å². The molecule has 4 N–H and O–H groups in total. The summed E-state index contributed by atoms with van der Waals surface area (Å²) < 4.78 is 5.51. The molecule has 0 saturated heterocycles. The van der Waals surface area contributed by atoms with Crippen molar-refractivity contribution in [1.82, 2.24) is 21.3 Å². The van der Waals surface area contributed by atoms with Crippen LogP contribution in [0, 0.1) is 5.92 Å². The highest BCUT2D eigenvalue weighted by Crippen LogP contribution is 2.23. The molecule has 2 aromatic carbocycles. The Hall–Kier alpha value is -3.65. The Kier molecular flexibility index (Phi) is 9.64. The Morgan fingerprint density at radius 1 is 1.03 bits per heavy atom. The highest BCUT2D eigenvalue weighted by Gasteiger charge is 2.32. The Morgan fingerprint density at radius 2 is 1.78 bits per heavy atom. The molecule has 1 aliphatic heterocycles. The Bertz CT molecular complexity index is 1090. The average molecular weight is 493 g/mol. The third kappa shape index (κ3) is 6.95. The maximum absolute atomic E-state index is 13.4. The smallest absolute Gasteiger partial charge is 0.246 e. The van der Waals surface area contributed by atoms with Crippen molar-refractivity contribution in [3.05, 3.63) is 71.4 Å². The van der Waals surface area contributed by atoms with Crippen LogP contribution < -0.4 is 26.0 Å². The van der Waals surface area contributed by atoms with Gasteiger partial charge in [-0.15, -0.1) is 0 Å². The van der Waals surface area contributed by atoms with Crippen molar-refractivity contribution in [2.24, 2.45) is 5.92 Å². The second-order valence-corrected chi connectivity index (χ2v) is 9.08. The maximum atomic E-state index is 13.4. The van der Waals surface area contributed by atoms with Crippen LogP contribution in [-0.4, -0.2) is 50.0 Å². The topological polar surface area (TPSA) is 109 Å². The van der Waals surface area contributed by atoms with E-state index in [0.717, 1.165) is 16.7 Å². The van der Waals surface area contributed by atoms with Gasteiger partial charge in [0, 0.05) is 19.0 Å². The van der Waals surface area contributed by atoms with Crippen LogP contribution >= 0.6 is 0 Å². The van der Waals surface area contributed by atoms with Crippen LogP contribution in [0.15, 0.2) is 54.7 Å². The largest absolute Gasteiger partial charge is 0.496 e. The molecule has 0 fully saturated rings. The quantitative estimate of drug-likeness (QED) is 0.494. The van der Waals surface area contributed by atoms with Crippen molar-refractivity contribution in [2.75, 3.05) is 14.2 Å². The molecule has 0 spiro atoms. The molecule has 0 aromatic heterocycles. The zero-order valence-electron chi connectivity index (χ0n) is 21.3. The van der Waals surface area contributed by atoms with Gasteiger partial charge in [-0.1, -0.05) is 56.7 Å². The van der Waals surface area contributed by atoms with E-state index in [4.69, 9.17) is 4.74 Å². The van der Waals surface area contributed by atoms with Gasteiger partial charge in [0.2, 0.25) is 17.7 Å². The Morgan fingerprint density at radius 3 is 2.44 bits per heavy atom. The first-order valence-electron chi connectivity index (χ1n) is 12.3. The first-order chi connectivity index (χ1) is 17.4. The number of nitrogens with one attached hydrogen (secondary N) is 4. The van der Waals surface area contributed by atoms with E-state index in [0.29, 0.717) is 25.0 Å². The lowest BCUT2D eigenvalue weighted by atomic mass is 9.96. The molecule has 8 nitrogen and oxygen atoms in total. The van der Waals surface area contributed by atoms with E-state index >= 15 is 0 Å². The van der Waals surface area contributed by atoms with Crippen LogP contribution in [0.1, 0.15) is 37.0 Å². The summed E-state index contributed by atoms with van der Waals surface area (Å²) in [6.45, 7) is 3.87.